The summed E-state index contributed by atoms with van der Waals surface area (Å²) >= 11 is 0. The molecule has 0 bridgehead atoms. The molecule has 0 saturated carbocycles. The van der Waals surface area contributed by atoms with Crippen molar-refractivity contribution in [2.45, 2.75) is 85.0 Å². The minimum atomic E-state index is -0.663. The van der Waals surface area contributed by atoms with E-state index in [1.54, 1.807) is 48.7 Å². The highest BCUT2D eigenvalue weighted by molar-refractivity contribution is 6.48. The number of carbonyl (C=O) groups is 4. The van der Waals surface area contributed by atoms with E-state index in [4.69, 9.17) is 9.68 Å². The molecule has 0 atom stereocenters. The number of aromatic nitrogens is 1. The van der Waals surface area contributed by atoms with Gasteiger partial charge in [-0.05, 0) is 67.5 Å². The highest BCUT2D eigenvalue weighted by Crippen LogP contribution is 2.31. The first-order chi connectivity index (χ1) is 25.3. The predicted octanol–water partition coefficient (Wildman–Crippen LogP) is 10.2. The molecule has 5 aromatic rings. The largest absolute Gasteiger partial charge is 0.365 e. The standard InChI is InChI=1S/C43H45N3O6/c1-4-6-8-13-23-37(44-51-30(3)47)41(48)33-26-27-40-35(28-33)36(29-46(40)39-25-17-21-31-18-15-16-22-34(31)39)42(49)38(24-14-9-7-5-2)45-52-43(50)32-19-11-10-12-20-32/h10-12,15-22,25-29H,4-9,13-14,23-24H2,1-3H3/b44-37+,45-38+. The first-order valence-corrected chi connectivity index (χ1v) is 18.1. The minimum Gasteiger partial charge on any atom is -0.318 e. The number of unbranched alkanes of at least 4 members (excludes halogenated alkanes) is 6. The van der Waals surface area contributed by atoms with E-state index in [-0.39, 0.29) is 17.2 Å². The van der Waals surface area contributed by atoms with Gasteiger partial charge in [-0.3, -0.25) is 9.59 Å². The maximum absolute atomic E-state index is 14.6. The van der Waals surface area contributed by atoms with Gasteiger partial charge in [-0.25, -0.2) is 9.59 Å². The Labute approximate surface area is 304 Å². The topological polar surface area (TPSA) is 116 Å². The van der Waals surface area contributed by atoms with E-state index in [2.05, 4.69) is 24.2 Å². The zero-order valence-electron chi connectivity index (χ0n) is 30.1. The Kier molecular flexibility index (Phi) is 13.4. The van der Waals surface area contributed by atoms with Crippen LogP contribution in [-0.4, -0.2) is 39.5 Å². The van der Waals surface area contributed by atoms with Crippen LogP contribution in [0.5, 0.6) is 0 Å². The Balaban J connectivity index is 1.62. The van der Waals surface area contributed by atoms with Crippen molar-refractivity contribution in [1.82, 2.24) is 4.57 Å². The van der Waals surface area contributed by atoms with E-state index < -0.39 is 17.7 Å². The highest BCUT2D eigenvalue weighted by atomic mass is 16.7. The third-order valence-corrected chi connectivity index (χ3v) is 8.93. The normalized spacial score (nSPS) is 11.9. The molecule has 5 rings (SSSR count). The molecule has 9 nitrogen and oxygen atoms in total. The van der Waals surface area contributed by atoms with Crippen LogP contribution in [0.4, 0.5) is 0 Å². The molecule has 0 aliphatic heterocycles. The quantitative estimate of drug-likeness (QED) is 0.0295. The van der Waals surface area contributed by atoms with Crippen LogP contribution in [0, 0.1) is 0 Å². The lowest BCUT2D eigenvalue weighted by atomic mass is 9.97. The van der Waals surface area contributed by atoms with Crippen LogP contribution in [0.1, 0.15) is 116 Å². The van der Waals surface area contributed by atoms with E-state index in [9.17, 15) is 19.2 Å². The number of Topliss-reactive ketones (excluding diaryl/α,β-unsaturated/α-hetero) is 2. The van der Waals surface area contributed by atoms with Gasteiger partial charge in [0, 0.05) is 35.0 Å². The zero-order valence-corrected chi connectivity index (χ0v) is 30.1. The van der Waals surface area contributed by atoms with Gasteiger partial charge in [0.25, 0.3) is 0 Å². The molecule has 0 unspecified atom stereocenters. The second kappa shape index (κ2) is 18.5. The molecule has 0 aliphatic rings. The fraction of sp³-hybridized carbons (Fsp3) is 0.302. The zero-order chi connectivity index (χ0) is 36.9. The van der Waals surface area contributed by atoms with Crippen molar-refractivity contribution in [2.75, 3.05) is 0 Å². The van der Waals surface area contributed by atoms with Crippen LogP contribution in [0.3, 0.4) is 0 Å². The van der Waals surface area contributed by atoms with E-state index in [1.807, 2.05) is 53.1 Å². The summed E-state index contributed by atoms with van der Waals surface area (Å²) in [4.78, 5) is 63.3. The summed E-state index contributed by atoms with van der Waals surface area (Å²) in [5.41, 5.74) is 2.73. The number of benzene rings is 4. The summed E-state index contributed by atoms with van der Waals surface area (Å²) in [5, 5.41) is 10.6. The van der Waals surface area contributed by atoms with Gasteiger partial charge in [0.1, 0.15) is 11.4 Å². The van der Waals surface area contributed by atoms with Crippen molar-refractivity contribution >= 4 is 56.6 Å². The SMILES string of the molecule is CCCCCC/C(=N\OC(C)=O)C(=O)c1ccc2c(c1)c(C(=O)/C(CCCCCC)=N/OC(=O)c1ccccc1)cn2-c1cccc2ccccc12. The number of ketones is 2. The fourth-order valence-electron chi connectivity index (χ4n) is 6.17. The molecule has 1 aromatic heterocycles. The van der Waals surface area contributed by atoms with Gasteiger partial charge in [-0.15, -0.1) is 0 Å². The first-order valence-electron chi connectivity index (χ1n) is 18.1. The molecule has 0 spiro atoms. The summed E-state index contributed by atoms with van der Waals surface area (Å²) in [6.45, 7) is 5.45. The molecule has 0 radical (unpaired) electrons. The lowest BCUT2D eigenvalue weighted by Crippen LogP contribution is -2.17. The molecule has 0 fully saturated rings. The van der Waals surface area contributed by atoms with Gasteiger partial charge in [-0.1, -0.05) is 117 Å². The minimum absolute atomic E-state index is 0.113. The number of hydrogen-bond acceptors (Lipinski definition) is 8. The van der Waals surface area contributed by atoms with E-state index >= 15 is 0 Å². The number of oxime groups is 2. The number of nitrogens with zero attached hydrogens (tertiary/aromatic N) is 3. The maximum Gasteiger partial charge on any atom is 0.365 e. The summed E-state index contributed by atoms with van der Waals surface area (Å²) in [5.74, 6) is -2.07. The van der Waals surface area contributed by atoms with E-state index in [0.29, 0.717) is 53.3 Å². The molecule has 268 valence electrons. The monoisotopic (exact) mass is 699 g/mol. The van der Waals surface area contributed by atoms with Crippen LogP contribution in [-0.2, 0) is 14.5 Å². The Hall–Kier alpha value is -5.70. The van der Waals surface area contributed by atoms with Crippen LogP contribution >= 0.6 is 0 Å². The van der Waals surface area contributed by atoms with Gasteiger partial charge in [0.2, 0.25) is 11.6 Å². The second-order valence-electron chi connectivity index (χ2n) is 12.8. The van der Waals surface area contributed by atoms with Crippen molar-refractivity contribution in [3.63, 3.8) is 0 Å². The van der Waals surface area contributed by atoms with Crippen LogP contribution in [0.2, 0.25) is 0 Å². The molecule has 52 heavy (non-hydrogen) atoms. The van der Waals surface area contributed by atoms with Gasteiger partial charge in [-0.2, -0.15) is 0 Å². The summed E-state index contributed by atoms with van der Waals surface area (Å²) in [7, 11) is 0. The van der Waals surface area contributed by atoms with Crippen molar-refractivity contribution in [3.8, 4) is 5.69 Å². The summed E-state index contributed by atoms with van der Waals surface area (Å²) < 4.78 is 1.95. The smallest absolute Gasteiger partial charge is 0.318 e. The lowest BCUT2D eigenvalue weighted by molar-refractivity contribution is -0.140. The molecular formula is C43H45N3O6. The third-order valence-electron chi connectivity index (χ3n) is 8.93. The number of carbonyl (C=O) groups excluding carboxylic acids is 4. The number of hydrogen-bond donors (Lipinski definition) is 0. The predicted molar refractivity (Wildman–Crippen MR) is 205 cm³/mol. The van der Waals surface area contributed by atoms with Crippen molar-refractivity contribution in [2.24, 2.45) is 10.3 Å². The van der Waals surface area contributed by atoms with Gasteiger partial charge < -0.3 is 14.2 Å². The third kappa shape index (κ3) is 9.34. The van der Waals surface area contributed by atoms with E-state index in [0.717, 1.165) is 55.0 Å². The molecule has 0 aliphatic carbocycles. The summed E-state index contributed by atoms with van der Waals surface area (Å²) in [6.07, 6.45) is 9.64. The van der Waals surface area contributed by atoms with Gasteiger partial charge in [0.05, 0.1) is 16.8 Å². The Morgan fingerprint density at radius 2 is 1.25 bits per heavy atom. The first kappa shape index (κ1) is 37.6. The van der Waals surface area contributed by atoms with Gasteiger partial charge >= 0.3 is 11.9 Å². The Bertz CT molecular complexity index is 2110. The van der Waals surface area contributed by atoms with Crippen LogP contribution in [0.25, 0.3) is 27.4 Å². The second-order valence-corrected chi connectivity index (χ2v) is 12.8. The molecule has 9 heteroatoms. The lowest BCUT2D eigenvalue weighted by Gasteiger charge is -2.10. The maximum atomic E-state index is 14.6. The molecular weight excluding hydrogens is 654 g/mol. The Morgan fingerprint density at radius 1 is 0.615 bits per heavy atom. The molecule has 4 aromatic carbocycles. The molecule has 0 amide bonds. The summed E-state index contributed by atoms with van der Waals surface area (Å²) in [6, 6.07) is 27.7. The van der Waals surface area contributed by atoms with Crippen molar-refractivity contribution in [3.05, 3.63) is 114 Å². The van der Waals surface area contributed by atoms with E-state index in [1.165, 1.54) is 6.92 Å². The van der Waals surface area contributed by atoms with Gasteiger partial charge in [0.15, 0.2) is 0 Å². The Morgan fingerprint density at radius 3 is 1.94 bits per heavy atom. The molecule has 0 saturated heterocycles. The number of rotatable bonds is 18. The molecule has 1 heterocycles. The average molecular weight is 700 g/mol. The highest BCUT2D eigenvalue weighted by Gasteiger charge is 2.25. The average Bonchev–Trinajstić information content (AvgIpc) is 3.55. The van der Waals surface area contributed by atoms with Crippen LogP contribution in [0.15, 0.2) is 108 Å². The molecule has 0 N–H and O–H groups in total. The van der Waals surface area contributed by atoms with Crippen molar-refractivity contribution < 1.29 is 28.9 Å². The fourth-order valence-corrected chi connectivity index (χ4v) is 6.17. The van der Waals surface area contributed by atoms with Crippen LogP contribution < -0.4 is 0 Å². The van der Waals surface area contributed by atoms with Crippen molar-refractivity contribution in [1.29, 1.82) is 0 Å². The number of fused-ring (bicyclic) bond motifs is 2.